The Bertz CT molecular complexity index is 199. The first-order chi connectivity index (χ1) is 7.74. The number of nitrogens with one attached hydrogen (secondary N) is 1. The van der Waals surface area contributed by atoms with Crippen LogP contribution in [0.5, 0.6) is 0 Å². The van der Waals surface area contributed by atoms with Crippen LogP contribution < -0.4 is 5.32 Å². The van der Waals surface area contributed by atoms with Gasteiger partial charge in [0.25, 0.3) is 0 Å². The van der Waals surface area contributed by atoms with Gasteiger partial charge in [-0.2, -0.15) is 0 Å². The molecule has 0 aromatic heterocycles. The first-order valence-corrected chi connectivity index (χ1v) is 6.88. The third-order valence-corrected chi connectivity index (χ3v) is 4.14. The Kier molecular flexibility index (Phi) is 4.62. The van der Waals surface area contributed by atoms with Crippen LogP contribution in [0.25, 0.3) is 0 Å². The Labute approximate surface area is 100 Å². The number of piperazine rings is 1. The Morgan fingerprint density at radius 1 is 1.19 bits per heavy atom. The summed E-state index contributed by atoms with van der Waals surface area (Å²) in [5, 5.41) is 3.51. The standard InChI is InChI=1S/C13H27N3/c1-12-11-16(10-6-14-12)9-5-13-3-7-15(2)8-4-13/h12-14H,3-11H2,1-2H3. The highest BCUT2D eigenvalue weighted by atomic mass is 15.2. The highest BCUT2D eigenvalue weighted by Gasteiger charge is 2.19. The molecule has 1 atom stereocenters. The van der Waals surface area contributed by atoms with Crippen LogP contribution in [0.15, 0.2) is 0 Å². The van der Waals surface area contributed by atoms with Gasteiger partial charge in [0, 0.05) is 25.7 Å². The predicted molar refractivity (Wildman–Crippen MR) is 68.7 cm³/mol. The molecule has 2 rings (SSSR count). The van der Waals surface area contributed by atoms with Crippen LogP contribution in [0.3, 0.4) is 0 Å². The maximum Gasteiger partial charge on any atom is 0.0167 e. The highest BCUT2D eigenvalue weighted by Crippen LogP contribution is 2.19. The van der Waals surface area contributed by atoms with E-state index in [1.54, 1.807) is 0 Å². The van der Waals surface area contributed by atoms with Gasteiger partial charge in [-0.25, -0.2) is 0 Å². The van der Waals surface area contributed by atoms with E-state index in [0.29, 0.717) is 6.04 Å². The van der Waals surface area contributed by atoms with Crippen LogP contribution in [0.4, 0.5) is 0 Å². The molecule has 2 heterocycles. The third-order valence-electron chi connectivity index (χ3n) is 4.14. The maximum absolute atomic E-state index is 3.51. The molecule has 0 bridgehead atoms. The van der Waals surface area contributed by atoms with Crippen molar-refractivity contribution in [2.75, 3.05) is 46.3 Å². The topological polar surface area (TPSA) is 18.5 Å². The Balaban J connectivity index is 1.63. The highest BCUT2D eigenvalue weighted by molar-refractivity contribution is 4.77. The molecule has 0 aromatic rings. The van der Waals surface area contributed by atoms with Gasteiger partial charge in [0.05, 0.1) is 0 Å². The summed E-state index contributed by atoms with van der Waals surface area (Å²) < 4.78 is 0. The summed E-state index contributed by atoms with van der Waals surface area (Å²) in [6.07, 6.45) is 4.25. The number of hydrogen-bond donors (Lipinski definition) is 1. The van der Waals surface area contributed by atoms with Gasteiger partial charge in [0.2, 0.25) is 0 Å². The van der Waals surface area contributed by atoms with E-state index < -0.39 is 0 Å². The molecule has 0 aromatic carbocycles. The lowest BCUT2D eigenvalue weighted by molar-refractivity contribution is 0.165. The molecular weight excluding hydrogens is 198 g/mol. The van der Waals surface area contributed by atoms with Crippen molar-refractivity contribution in [3.8, 4) is 0 Å². The van der Waals surface area contributed by atoms with Crippen molar-refractivity contribution < 1.29 is 0 Å². The fraction of sp³-hybridized carbons (Fsp3) is 1.00. The van der Waals surface area contributed by atoms with Gasteiger partial charge < -0.3 is 15.1 Å². The molecule has 3 heteroatoms. The van der Waals surface area contributed by atoms with Crippen molar-refractivity contribution >= 4 is 0 Å². The predicted octanol–water partition coefficient (Wildman–Crippen LogP) is 1.01. The van der Waals surface area contributed by atoms with Crippen LogP contribution in [-0.4, -0.2) is 62.2 Å². The van der Waals surface area contributed by atoms with Gasteiger partial charge in [0.15, 0.2) is 0 Å². The van der Waals surface area contributed by atoms with Crippen molar-refractivity contribution in [3.05, 3.63) is 0 Å². The second-order valence-corrected chi connectivity index (χ2v) is 5.69. The van der Waals surface area contributed by atoms with E-state index in [1.807, 2.05) is 0 Å². The minimum atomic E-state index is 0.686. The molecule has 3 nitrogen and oxygen atoms in total. The molecule has 2 aliphatic rings. The van der Waals surface area contributed by atoms with Crippen LogP contribution in [0.1, 0.15) is 26.2 Å². The fourth-order valence-electron chi connectivity index (χ4n) is 2.93. The van der Waals surface area contributed by atoms with Gasteiger partial charge >= 0.3 is 0 Å². The molecule has 1 unspecified atom stereocenters. The zero-order valence-electron chi connectivity index (χ0n) is 10.9. The quantitative estimate of drug-likeness (QED) is 0.773. The lowest BCUT2D eigenvalue weighted by Crippen LogP contribution is -2.49. The van der Waals surface area contributed by atoms with Crippen molar-refractivity contribution in [1.82, 2.24) is 15.1 Å². The van der Waals surface area contributed by atoms with E-state index in [9.17, 15) is 0 Å². The molecule has 0 spiro atoms. The average molecular weight is 225 g/mol. The summed E-state index contributed by atoms with van der Waals surface area (Å²) in [5.41, 5.74) is 0. The van der Waals surface area contributed by atoms with Gasteiger partial charge in [-0.05, 0) is 58.8 Å². The minimum Gasteiger partial charge on any atom is -0.312 e. The number of hydrogen-bond acceptors (Lipinski definition) is 3. The van der Waals surface area contributed by atoms with Gasteiger partial charge in [-0.3, -0.25) is 0 Å². The SMILES string of the molecule is CC1CN(CCC2CCN(C)CC2)CCN1. The van der Waals surface area contributed by atoms with E-state index in [2.05, 4.69) is 29.1 Å². The average Bonchev–Trinajstić information content (AvgIpc) is 2.28. The molecule has 94 valence electrons. The third kappa shape index (κ3) is 3.72. The summed E-state index contributed by atoms with van der Waals surface area (Å²) in [7, 11) is 2.24. The summed E-state index contributed by atoms with van der Waals surface area (Å²) in [4.78, 5) is 5.10. The van der Waals surface area contributed by atoms with E-state index in [0.717, 1.165) is 5.92 Å². The lowest BCUT2D eigenvalue weighted by Gasteiger charge is -2.34. The Hall–Kier alpha value is -0.120. The maximum atomic E-state index is 3.51. The molecule has 0 saturated carbocycles. The zero-order valence-corrected chi connectivity index (χ0v) is 10.9. The van der Waals surface area contributed by atoms with E-state index >= 15 is 0 Å². The van der Waals surface area contributed by atoms with Gasteiger partial charge in [-0.1, -0.05) is 0 Å². The number of piperidine rings is 1. The fourth-order valence-corrected chi connectivity index (χ4v) is 2.93. The first-order valence-electron chi connectivity index (χ1n) is 6.88. The number of rotatable bonds is 3. The van der Waals surface area contributed by atoms with Crippen LogP contribution in [0, 0.1) is 5.92 Å². The smallest absolute Gasteiger partial charge is 0.0167 e. The summed E-state index contributed by atoms with van der Waals surface area (Å²) in [5.74, 6) is 0.987. The van der Waals surface area contributed by atoms with Gasteiger partial charge in [0.1, 0.15) is 0 Å². The zero-order chi connectivity index (χ0) is 11.4. The second-order valence-electron chi connectivity index (χ2n) is 5.69. The summed E-state index contributed by atoms with van der Waals surface area (Å²) >= 11 is 0. The molecule has 16 heavy (non-hydrogen) atoms. The first kappa shape index (κ1) is 12.3. The minimum absolute atomic E-state index is 0.686. The molecule has 0 aliphatic carbocycles. The van der Waals surface area contributed by atoms with Gasteiger partial charge in [-0.15, -0.1) is 0 Å². The number of nitrogens with zero attached hydrogens (tertiary/aromatic N) is 2. The largest absolute Gasteiger partial charge is 0.312 e. The lowest BCUT2D eigenvalue weighted by atomic mass is 9.93. The van der Waals surface area contributed by atoms with E-state index in [1.165, 1.54) is 58.5 Å². The second kappa shape index (κ2) is 5.99. The van der Waals surface area contributed by atoms with Crippen molar-refractivity contribution in [3.63, 3.8) is 0 Å². The normalized spacial score (nSPS) is 30.8. The van der Waals surface area contributed by atoms with E-state index in [-0.39, 0.29) is 0 Å². The number of likely N-dealkylation sites (tertiary alicyclic amines) is 1. The molecule has 2 saturated heterocycles. The summed E-state index contributed by atoms with van der Waals surface area (Å²) in [6, 6.07) is 0.686. The molecule has 0 amide bonds. The Morgan fingerprint density at radius 2 is 1.94 bits per heavy atom. The molecular formula is C13H27N3. The van der Waals surface area contributed by atoms with Crippen LogP contribution >= 0.6 is 0 Å². The van der Waals surface area contributed by atoms with Crippen LogP contribution in [0.2, 0.25) is 0 Å². The Morgan fingerprint density at radius 3 is 2.62 bits per heavy atom. The molecule has 1 N–H and O–H groups in total. The molecule has 0 radical (unpaired) electrons. The molecule has 2 aliphatic heterocycles. The van der Waals surface area contributed by atoms with Crippen LogP contribution in [-0.2, 0) is 0 Å². The monoisotopic (exact) mass is 225 g/mol. The summed E-state index contributed by atoms with van der Waals surface area (Å²) in [6.45, 7) is 9.89. The van der Waals surface area contributed by atoms with E-state index in [4.69, 9.17) is 0 Å². The molecule has 2 fully saturated rings. The van der Waals surface area contributed by atoms with Crippen molar-refractivity contribution in [1.29, 1.82) is 0 Å². The van der Waals surface area contributed by atoms with Crippen molar-refractivity contribution in [2.45, 2.75) is 32.2 Å². The van der Waals surface area contributed by atoms with Crippen molar-refractivity contribution in [2.24, 2.45) is 5.92 Å².